The van der Waals surface area contributed by atoms with Crippen LogP contribution < -0.4 is 9.80 Å². The monoisotopic (exact) mass is 313 g/mol. The molecule has 0 unspecified atom stereocenters. The number of alkyl halides is 1. The van der Waals surface area contributed by atoms with Gasteiger partial charge in [0.25, 0.3) is 0 Å². The predicted molar refractivity (Wildman–Crippen MR) is 95.4 cm³/mol. The minimum Gasteiger partial charge on any atom is -0.344 e. The van der Waals surface area contributed by atoms with E-state index < -0.39 is 0 Å². The summed E-state index contributed by atoms with van der Waals surface area (Å²) in [6.45, 7) is 6.67. The quantitative estimate of drug-likeness (QED) is 0.699. The molecule has 0 aliphatic carbocycles. The van der Waals surface area contributed by atoms with Crippen LogP contribution in [0.2, 0.25) is 0 Å². The Kier molecular flexibility index (Phi) is 4.58. The normalized spacial score (nSPS) is 15.3. The lowest BCUT2D eigenvalue weighted by molar-refractivity contribution is 0.635. The van der Waals surface area contributed by atoms with Gasteiger partial charge in [0.2, 0.25) is 0 Å². The molecule has 1 atom stereocenters. The molecule has 2 aromatic carbocycles. The Morgan fingerprint density at radius 3 is 2.05 bits per heavy atom. The van der Waals surface area contributed by atoms with Crippen molar-refractivity contribution >= 4 is 23.0 Å². The summed E-state index contributed by atoms with van der Waals surface area (Å²) in [5.74, 6) is 0.647. The lowest BCUT2D eigenvalue weighted by atomic mass is 10.0. The first-order valence-electron chi connectivity index (χ1n) is 7.84. The molecule has 0 saturated heterocycles. The van der Waals surface area contributed by atoms with E-state index in [1.54, 1.807) is 0 Å². The Morgan fingerprint density at radius 1 is 0.864 bits per heavy atom. The third-order valence-electron chi connectivity index (χ3n) is 4.15. The van der Waals surface area contributed by atoms with E-state index in [0.29, 0.717) is 11.9 Å². The average Bonchev–Trinajstić information content (AvgIpc) is 2.93. The van der Waals surface area contributed by atoms with Crippen LogP contribution in [0.5, 0.6) is 0 Å². The van der Waals surface area contributed by atoms with Crippen LogP contribution in [0.3, 0.4) is 0 Å². The SMILES string of the molecule is CC(C)N1[CH]N([C@@H](CCCl)c2ccccc2)c2ccccc21. The number of fused-ring (bicyclic) bond motifs is 1. The van der Waals surface area contributed by atoms with Gasteiger partial charge in [0.15, 0.2) is 0 Å². The number of para-hydroxylation sites is 2. The van der Waals surface area contributed by atoms with Crippen molar-refractivity contribution in [3.05, 3.63) is 66.8 Å². The molecule has 22 heavy (non-hydrogen) atoms. The highest BCUT2D eigenvalue weighted by Gasteiger charge is 2.32. The largest absolute Gasteiger partial charge is 0.344 e. The number of anilines is 2. The topological polar surface area (TPSA) is 6.48 Å². The number of hydrogen-bond acceptors (Lipinski definition) is 2. The molecule has 1 aliphatic heterocycles. The third-order valence-corrected chi connectivity index (χ3v) is 4.36. The summed E-state index contributed by atoms with van der Waals surface area (Å²) in [6.07, 6.45) is 0.919. The van der Waals surface area contributed by atoms with Gasteiger partial charge in [-0.2, -0.15) is 0 Å². The number of nitrogens with zero attached hydrogens (tertiary/aromatic N) is 2. The summed E-state index contributed by atoms with van der Waals surface area (Å²) < 4.78 is 0. The van der Waals surface area contributed by atoms with Gasteiger partial charge in [-0.3, -0.25) is 0 Å². The molecule has 1 radical (unpaired) electrons. The van der Waals surface area contributed by atoms with E-state index >= 15 is 0 Å². The number of hydrogen-bond donors (Lipinski definition) is 0. The fraction of sp³-hybridized carbons (Fsp3) is 0.316. The first kappa shape index (κ1) is 15.2. The van der Waals surface area contributed by atoms with Crippen LogP contribution in [0.1, 0.15) is 31.9 Å². The lowest BCUT2D eigenvalue weighted by Crippen LogP contribution is -2.32. The zero-order valence-electron chi connectivity index (χ0n) is 13.1. The van der Waals surface area contributed by atoms with E-state index in [1.165, 1.54) is 16.9 Å². The van der Waals surface area contributed by atoms with Crippen molar-refractivity contribution in [1.29, 1.82) is 0 Å². The summed E-state index contributed by atoms with van der Waals surface area (Å²) in [5.41, 5.74) is 3.84. The highest BCUT2D eigenvalue weighted by molar-refractivity contribution is 6.17. The molecule has 3 heteroatoms. The van der Waals surface area contributed by atoms with Crippen LogP contribution in [-0.4, -0.2) is 11.9 Å². The van der Waals surface area contributed by atoms with E-state index in [9.17, 15) is 0 Å². The molecular formula is C19H22ClN2. The molecular weight excluding hydrogens is 292 g/mol. The standard InChI is InChI=1S/C19H22ClN2/c1-15(2)21-14-22(19-11-7-6-10-18(19)21)17(12-13-20)16-8-4-3-5-9-16/h3-11,14-15,17H,12-13H2,1-2H3/t17-/m0/s1. The molecule has 0 saturated carbocycles. The Labute approximate surface area is 138 Å². The Balaban J connectivity index is 1.99. The van der Waals surface area contributed by atoms with Crippen LogP contribution in [0.15, 0.2) is 54.6 Å². The maximum Gasteiger partial charge on any atom is 0.143 e. The Morgan fingerprint density at radius 2 is 1.45 bits per heavy atom. The summed E-state index contributed by atoms with van der Waals surface area (Å²) in [6, 6.07) is 19.9. The number of halogens is 1. The zero-order chi connectivity index (χ0) is 15.5. The van der Waals surface area contributed by atoms with Gasteiger partial charge in [0, 0.05) is 11.9 Å². The van der Waals surface area contributed by atoms with E-state index in [1.807, 2.05) is 0 Å². The molecule has 0 N–H and O–H groups in total. The van der Waals surface area contributed by atoms with Crippen LogP contribution in [0.4, 0.5) is 11.4 Å². The highest BCUT2D eigenvalue weighted by atomic mass is 35.5. The van der Waals surface area contributed by atoms with Gasteiger partial charge in [0.1, 0.15) is 6.67 Å². The van der Waals surface area contributed by atoms with E-state index in [4.69, 9.17) is 11.6 Å². The van der Waals surface area contributed by atoms with Crippen molar-refractivity contribution in [2.24, 2.45) is 0 Å². The molecule has 115 valence electrons. The molecule has 0 amide bonds. The first-order valence-corrected chi connectivity index (χ1v) is 8.37. The second kappa shape index (κ2) is 6.62. The van der Waals surface area contributed by atoms with Gasteiger partial charge in [0.05, 0.1) is 17.4 Å². The van der Waals surface area contributed by atoms with Crippen molar-refractivity contribution in [2.45, 2.75) is 32.4 Å². The maximum atomic E-state index is 6.10. The summed E-state index contributed by atoms with van der Waals surface area (Å²) in [7, 11) is 0. The molecule has 2 aromatic rings. The van der Waals surface area contributed by atoms with Crippen molar-refractivity contribution in [1.82, 2.24) is 0 Å². The van der Waals surface area contributed by atoms with Crippen LogP contribution in [0.25, 0.3) is 0 Å². The fourth-order valence-corrected chi connectivity index (χ4v) is 3.27. The third kappa shape index (κ3) is 2.80. The maximum absolute atomic E-state index is 6.10. The van der Waals surface area contributed by atoms with Crippen LogP contribution in [0, 0.1) is 6.67 Å². The summed E-state index contributed by atoms with van der Waals surface area (Å²) in [4.78, 5) is 4.70. The van der Waals surface area contributed by atoms with Crippen LogP contribution in [-0.2, 0) is 0 Å². The van der Waals surface area contributed by atoms with Gasteiger partial charge in [-0.1, -0.05) is 42.5 Å². The van der Waals surface area contributed by atoms with Gasteiger partial charge in [-0.15, -0.1) is 11.6 Å². The average molecular weight is 314 g/mol. The van der Waals surface area contributed by atoms with E-state index in [2.05, 4.69) is 84.9 Å². The van der Waals surface area contributed by atoms with Crippen LogP contribution >= 0.6 is 11.6 Å². The van der Waals surface area contributed by atoms with Gasteiger partial charge in [-0.25, -0.2) is 0 Å². The van der Waals surface area contributed by atoms with E-state index in [-0.39, 0.29) is 6.04 Å². The lowest BCUT2D eigenvalue weighted by Gasteiger charge is -2.31. The first-order chi connectivity index (χ1) is 10.7. The molecule has 0 bridgehead atoms. The number of benzene rings is 2. The fourth-order valence-electron chi connectivity index (χ4n) is 3.06. The summed E-state index contributed by atoms with van der Waals surface area (Å²) in [5, 5.41) is 0. The molecule has 2 nitrogen and oxygen atoms in total. The zero-order valence-corrected chi connectivity index (χ0v) is 13.9. The second-order valence-corrected chi connectivity index (χ2v) is 6.29. The minimum atomic E-state index is 0.267. The Hall–Kier alpha value is -1.67. The number of rotatable bonds is 5. The van der Waals surface area contributed by atoms with Crippen molar-refractivity contribution in [3.8, 4) is 0 Å². The van der Waals surface area contributed by atoms with Gasteiger partial charge < -0.3 is 9.80 Å². The summed E-state index contributed by atoms with van der Waals surface area (Å²) >= 11 is 6.10. The van der Waals surface area contributed by atoms with Crippen molar-refractivity contribution < 1.29 is 0 Å². The second-order valence-electron chi connectivity index (χ2n) is 5.92. The predicted octanol–water partition coefficient (Wildman–Crippen LogP) is 5.21. The molecule has 0 aromatic heterocycles. The van der Waals surface area contributed by atoms with E-state index in [0.717, 1.165) is 6.42 Å². The Bertz CT molecular complexity index is 612. The van der Waals surface area contributed by atoms with Gasteiger partial charge in [-0.05, 0) is 38.0 Å². The minimum absolute atomic E-state index is 0.267. The van der Waals surface area contributed by atoms with Crippen molar-refractivity contribution in [2.75, 3.05) is 15.7 Å². The highest BCUT2D eigenvalue weighted by Crippen LogP contribution is 2.44. The molecule has 1 heterocycles. The molecule has 1 aliphatic rings. The molecule has 0 fully saturated rings. The van der Waals surface area contributed by atoms with Crippen molar-refractivity contribution in [3.63, 3.8) is 0 Å². The smallest absolute Gasteiger partial charge is 0.143 e. The molecule has 0 spiro atoms. The molecule has 3 rings (SSSR count). The van der Waals surface area contributed by atoms with Gasteiger partial charge >= 0.3 is 0 Å².